The van der Waals surface area contributed by atoms with Gasteiger partial charge in [-0.25, -0.2) is 18.7 Å². The van der Waals surface area contributed by atoms with Crippen LogP contribution in [0.3, 0.4) is 0 Å². The van der Waals surface area contributed by atoms with E-state index in [4.69, 9.17) is 16.6 Å². The molecule has 0 spiro atoms. The predicted octanol–water partition coefficient (Wildman–Crippen LogP) is 5.86. The number of thioether (sulfide) groups is 1. The highest BCUT2D eigenvalue weighted by Gasteiger charge is 2.51. The minimum absolute atomic E-state index is 0.0177. The van der Waals surface area contributed by atoms with Gasteiger partial charge in [0.05, 0.1) is 39.4 Å². The smallest absolute Gasteiger partial charge is 0.355 e. The minimum Gasteiger partial charge on any atom is -0.384 e. The van der Waals surface area contributed by atoms with Crippen molar-refractivity contribution in [1.29, 1.82) is 0 Å². The normalized spacial score (nSPS) is 19.2. The molecule has 8 nitrogen and oxygen atoms in total. The Labute approximate surface area is 257 Å². The first kappa shape index (κ1) is 27.9. The number of nitrogens with one attached hydrogen (secondary N) is 1. The molecule has 2 atom stereocenters. The van der Waals surface area contributed by atoms with E-state index in [0.717, 1.165) is 22.6 Å². The first-order valence-electron chi connectivity index (χ1n) is 14.4. The van der Waals surface area contributed by atoms with Crippen LogP contribution in [-0.2, 0) is 4.79 Å². The molecule has 43 heavy (non-hydrogen) atoms. The molecule has 11 heteroatoms. The molecule has 3 aliphatic rings. The summed E-state index contributed by atoms with van der Waals surface area (Å²) in [6.45, 7) is 9.36. The number of hydrogen-bond acceptors (Lipinski definition) is 7. The van der Waals surface area contributed by atoms with Gasteiger partial charge in [-0.3, -0.25) is 4.79 Å². The van der Waals surface area contributed by atoms with Crippen molar-refractivity contribution in [2.75, 3.05) is 35.6 Å². The first-order chi connectivity index (χ1) is 20.8. The van der Waals surface area contributed by atoms with Gasteiger partial charge in [-0.05, 0) is 48.2 Å². The van der Waals surface area contributed by atoms with Crippen LogP contribution in [0.25, 0.3) is 28.0 Å². The van der Waals surface area contributed by atoms with Crippen LogP contribution >= 0.6 is 23.4 Å². The third-order valence-corrected chi connectivity index (χ3v) is 9.78. The quantitative estimate of drug-likeness (QED) is 0.289. The van der Waals surface area contributed by atoms with Crippen molar-refractivity contribution in [3.63, 3.8) is 0 Å². The van der Waals surface area contributed by atoms with Crippen molar-refractivity contribution in [2.45, 2.75) is 43.2 Å². The first-order valence-corrected chi connectivity index (χ1v) is 15.8. The summed E-state index contributed by atoms with van der Waals surface area (Å²) in [5.41, 5.74) is 2.70. The number of carbonyl (C=O) groups excluding carboxylic acids is 1. The maximum Gasteiger partial charge on any atom is 0.355 e. The van der Waals surface area contributed by atoms with E-state index in [1.807, 2.05) is 29.2 Å². The monoisotopic (exact) mass is 616 g/mol. The van der Waals surface area contributed by atoms with Crippen LogP contribution in [0, 0.1) is 5.82 Å². The number of amides is 1. The van der Waals surface area contributed by atoms with E-state index in [9.17, 15) is 9.59 Å². The topological polar surface area (TPSA) is 83.4 Å². The van der Waals surface area contributed by atoms with Crippen LogP contribution in [-0.4, -0.2) is 62.8 Å². The van der Waals surface area contributed by atoms with Crippen molar-refractivity contribution in [3.05, 3.63) is 82.0 Å². The summed E-state index contributed by atoms with van der Waals surface area (Å²) in [4.78, 5) is 41.2. The number of pyridine rings is 1. The summed E-state index contributed by atoms with van der Waals surface area (Å²) in [6, 6.07) is 12.7. The second kappa shape index (κ2) is 10.7. The molecule has 1 saturated heterocycles. The van der Waals surface area contributed by atoms with Gasteiger partial charge in [0.1, 0.15) is 11.6 Å². The summed E-state index contributed by atoms with van der Waals surface area (Å²) in [5, 5.41) is 4.22. The lowest BCUT2D eigenvalue weighted by Gasteiger charge is -2.35. The summed E-state index contributed by atoms with van der Waals surface area (Å²) < 4.78 is 17.1. The number of para-hydroxylation sites is 1. The van der Waals surface area contributed by atoms with E-state index in [-0.39, 0.29) is 40.2 Å². The molecule has 1 aliphatic carbocycles. The molecule has 4 aromatic rings. The third kappa shape index (κ3) is 4.58. The van der Waals surface area contributed by atoms with Crippen LogP contribution in [0.2, 0.25) is 5.02 Å². The zero-order chi connectivity index (χ0) is 30.0. The van der Waals surface area contributed by atoms with Gasteiger partial charge in [-0.15, -0.1) is 11.8 Å². The van der Waals surface area contributed by atoms with E-state index in [1.54, 1.807) is 28.5 Å². The number of benzene rings is 2. The number of aromatic nitrogens is 3. The molecule has 2 bridgehead atoms. The minimum atomic E-state index is -0.469. The predicted molar refractivity (Wildman–Crippen MR) is 170 cm³/mol. The van der Waals surface area contributed by atoms with Crippen LogP contribution in [0.5, 0.6) is 0 Å². The molecule has 0 radical (unpaired) electrons. The average Bonchev–Trinajstić information content (AvgIpc) is 3.79. The van der Waals surface area contributed by atoms with Crippen molar-refractivity contribution >= 4 is 51.8 Å². The van der Waals surface area contributed by atoms with Crippen molar-refractivity contribution in [3.8, 4) is 16.9 Å². The molecule has 4 heterocycles. The van der Waals surface area contributed by atoms with Crippen molar-refractivity contribution in [2.24, 2.45) is 0 Å². The Morgan fingerprint density at radius 2 is 2.00 bits per heavy atom. The fraction of sp³-hybridized carbons (Fsp3) is 0.312. The zero-order valence-corrected chi connectivity index (χ0v) is 25.4. The standard InChI is InChI=1S/C32H30ClFN6O2S/c1-4-26(41)38-12-13-39(24-16-23(24)38)30-19-15-20(33)28-27-21(34)8-6-9-22(27)35-11-14-43-25-10-5-7-18(17(2)3)29(25)40(31(19)36-28)32(42)37-30/h4-10,15,17,23-24,35H,1,11-14,16H2,2-3H3/t23-,24+/m1/s1. The molecule has 1 amide bonds. The molecule has 220 valence electrons. The number of fused-ring (bicyclic) bond motifs is 6. The van der Waals surface area contributed by atoms with Gasteiger partial charge in [-0.1, -0.05) is 50.2 Å². The van der Waals surface area contributed by atoms with Gasteiger partial charge >= 0.3 is 5.69 Å². The lowest BCUT2D eigenvalue weighted by Crippen LogP contribution is -2.49. The lowest BCUT2D eigenvalue weighted by atomic mass is 10.0. The number of carbonyl (C=O) groups is 1. The molecular formula is C32H30ClFN6O2S. The molecule has 2 aromatic carbocycles. The second-order valence-corrected chi connectivity index (χ2v) is 12.9. The van der Waals surface area contributed by atoms with Gasteiger partial charge in [0.2, 0.25) is 5.91 Å². The summed E-state index contributed by atoms with van der Waals surface area (Å²) in [7, 11) is 0. The Morgan fingerprint density at radius 3 is 2.79 bits per heavy atom. The van der Waals surface area contributed by atoms with Gasteiger partial charge in [0, 0.05) is 36.0 Å². The van der Waals surface area contributed by atoms with Gasteiger partial charge in [0.15, 0.2) is 5.65 Å². The van der Waals surface area contributed by atoms with Gasteiger partial charge in [-0.2, -0.15) is 4.98 Å². The summed E-state index contributed by atoms with van der Waals surface area (Å²) in [6.07, 6.45) is 2.11. The Hall–Kier alpha value is -3.89. The number of anilines is 2. The number of hydrogen-bond donors (Lipinski definition) is 1. The SMILES string of the molecule is C=CC(=O)N1CCN(c2nc(=O)n3c4nc(c(Cl)cc24)-c2c(F)cccc2NCCSc2cccc(C(C)C)c2-3)[C@H]2C[C@H]21. The Bertz CT molecular complexity index is 1880. The van der Waals surface area contributed by atoms with E-state index < -0.39 is 11.5 Å². The number of halogens is 2. The molecule has 2 aliphatic heterocycles. The lowest BCUT2D eigenvalue weighted by molar-refractivity contribution is -0.126. The maximum absolute atomic E-state index is 15.5. The molecule has 2 aromatic heterocycles. The van der Waals surface area contributed by atoms with Crippen LogP contribution in [0.1, 0.15) is 31.7 Å². The largest absolute Gasteiger partial charge is 0.384 e. The van der Waals surface area contributed by atoms with E-state index in [0.29, 0.717) is 47.9 Å². The molecule has 7 rings (SSSR count). The fourth-order valence-electron chi connectivity index (χ4n) is 6.36. The molecule has 1 N–H and O–H groups in total. The second-order valence-electron chi connectivity index (χ2n) is 11.3. The fourth-order valence-corrected chi connectivity index (χ4v) is 7.55. The highest BCUT2D eigenvalue weighted by molar-refractivity contribution is 7.99. The Balaban J connectivity index is 1.53. The number of piperazine rings is 1. The van der Waals surface area contributed by atoms with Crippen molar-refractivity contribution < 1.29 is 9.18 Å². The maximum atomic E-state index is 15.5. The Morgan fingerprint density at radius 1 is 1.19 bits per heavy atom. The molecule has 2 fully saturated rings. The zero-order valence-electron chi connectivity index (χ0n) is 23.8. The third-order valence-electron chi connectivity index (χ3n) is 8.44. The summed E-state index contributed by atoms with van der Waals surface area (Å²) in [5.74, 6) is 0.709. The van der Waals surface area contributed by atoms with E-state index in [2.05, 4.69) is 35.6 Å². The molecular weight excluding hydrogens is 587 g/mol. The van der Waals surface area contributed by atoms with Gasteiger partial charge < -0.3 is 15.1 Å². The highest BCUT2D eigenvalue weighted by Crippen LogP contribution is 2.44. The Kier molecular flexibility index (Phi) is 6.93. The molecule has 1 saturated carbocycles. The number of nitrogens with zero attached hydrogens (tertiary/aromatic N) is 5. The van der Waals surface area contributed by atoms with Crippen LogP contribution in [0.4, 0.5) is 15.9 Å². The molecule has 0 unspecified atom stereocenters. The van der Waals surface area contributed by atoms with Gasteiger partial charge in [0.25, 0.3) is 0 Å². The highest BCUT2D eigenvalue weighted by atomic mass is 35.5. The number of rotatable bonds is 3. The van der Waals surface area contributed by atoms with Crippen LogP contribution < -0.4 is 15.9 Å². The van der Waals surface area contributed by atoms with Crippen LogP contribution in [0.15, 0.2) is 64.8 Å². The van der Waals surface area contributed by atoms with E-state index >= 15 is 4.39 Å². The summed E-state index contributed by atoms with van der Waals surface area (Å²) >= 11 is 8.55. The van der Waals surface area contributed by atoms with E-state index in [1.165, 1.54) is 12.1 Å². The van der Waals surface area contributed by atoms with Crippen molar-refractivity contribution in [1.82, 2.24) is 19.4 Å². The average molecular weight is 617 g/mol.